The van der Waals surface area contributed by atoms with E-state index in [4.69, 9.17) is 0 Å². The third-order valence-corrected chi connectivity index (χ3v) is 3.73. The van der Waals surface area contributed by atoms with E-state index in [9.17, 15) is 4.79 Å². The Kier molecular flexibility index (Phi) is 1.90. The first kappa shape index (κ1) is 9.59. The molecule has 3 rings (SSSR count). The van der Waals surface area contributed by atoms with Crippen LogP contribution in [0.5, 0.6) is 0 Å². The summed E-state index contributed by atoms with van der Waals surface area (Å²) in [5, 5.41) is 2.47. The predicted octanol–water partition coefficient (Wildman–Crippen LogP) is 3.46. The van der Waals surface area contributed by atoms with E-state index in [1.165, 1.54) is 16.3 Å². The molecule has 0 radical (unpaired) electrons. The van der Waals surface area contributed by atoms with Gasteiger partial charge in [0.25, 0.3) is 0 Å². The number of carbonyl (C=O) groups is 1. The number of ketones is 1. The Morgan fingerprint density at radius 2 is 1.75 bits per heavy atom. The highest BCUT2D eigenvalue weighted by Crippen LogP contribution is 2.49. The number of Topliss-reactive ketones (excluding diaryl/α,β-unsaturated/α-hetero) is 1. The van der Waals surface area contributed by atoms with Gasteiger partial charge in [-0.1, -0.05) is 42.5 Å². The molecular formula is C15H14O. The van der Waals surface area contributed by atoms with Crippen LogP contribution in [0.25, 0.3) is 10.8 Å². The van der Waals surface area contributed by atoms with Crippen LogP contribution < -0.4 is 0 Å². The van der Waals surface area contributed by atoms with Gasteiger partial charge in [0.2, 0.25) is 0 Å². The molecule has 1 saturated carbocycles. The van der Waals surface area contributed by atoms with Gasteiger partial charge in [-0.25, -0.2) is 0 Å². The van der Waals surface area contributed by atoms with Crippen LogP contribution in [0.15, 0.2) is 42.5 Å². The lowest BCUT2D eigenvalue weighted by molar-refractivity contribution is -0.119. The molecule has 80 valence electrons. The topological polar surface area (TPSA) is 17.1 Å². The van der Waals surface area contributed by atoms with E-state index in [1.807, 2.05) is 12.1 Å². The van der Waals surface area contributed by atoms with Gasteiger partial charge in [0, 0.05) is 0 Å². The number of fused-ring (bicyclic) bond motifs is 1. The van der Waals surface area contributed by atoms with Crippen molar-refractivity contribution >= 4 is 16.6 Å². The molecule has 0 spiro atoms. The SMILES string of the molecule is CC(=O)C1(c2ccc3ccccc3c2)CC1. The van der Waals surface area contributed by atoms with Crippen molar-refractivity contribution in [3.8, 4) is 0 Å². The number of hydrogen-bond donors (Lipinski definition) is 0. The fraction of sp³-hybridized carbons (Fsp3) is 0.267. The average Bonchev–Trinajstić information content (AvgIpc) is 3.09. The summed E-state index contributed by atoms with van der Waals surface area (Å²) in [5.41, 5.74) is 1.04. The number of carbonyl (C=O) groups excluding carboxylic acids is 1. The van der Waals surface area contributed by atoms with Crippen molar-refractivity contribution in [1.82, 2.24) is 0 Å². The van der Waals surface area contributed by atoms with E-state index in [0.29, 0.717) is 5.78 Å². The molecule has 0 saturated heterocycles. The molecule has 0 aliphatic heterocycles. The minimum Gasteiger partial charge on any atom is -0.299 e. The van der Waals surface area contributed by atoms with Crippen molar-refractivity contribution in [2.75, 3.05) is 0 Å². The lowest BCUT2D eigenvalue weighted by Gasteiger charge is -2.12. The van der Waals surface area contributed by atoms with Crippen LogP contribution in [-0.4, -0.2) is 5.78 Å². The molecule has 0 aromatic heterocycles. The van der Waals surface area contributed by atoms with Crippen LogP contribution in [-0.2, 0) is 10.2 Å². The van der Waals surface area contributed by atoms with Gasteiger partial charge in [0.15, 0.2) is 0 Å². The van der Waals surface area contributed by atoms with Gasteiger partial charge in [-0.15, -0.1) is 0 Å². The van der Waals surface area contributed by atoms with Crippen LogP contribution in [0.2, 0.25) is 0 Å². The first-order valence-electron chi connectivity index (χ1n) is 5.73. The Balaban J connectivity index is 2.16. The van der Waals surface area contributed by atoms with Gasteiger partial charge < -0.3 is 0 Å². The van der Waals surface area contributed by atoms with Gasteiger partial charge in [0.05, 0.1) is 5.41 Å². The molecule has 0 N–H and O–H groups in total. The highest BCUT2D eigenvalue weighted by molar-refractivity contribution is 5.93. The smallest absolute Gasteiger partial charge is 0.140 e. The zero-order valence-corrected chi connectivity index (χ0v) is 9.36. The quantitative estimate of drug-likeness (QED) is 0.741. The Morgan fingerprint density at radius 1 is 1.06 bits per heavy atom. The van der Waals surface area contributed by atoms with Crippen molar-refractivity contribution in [3.05, 3.63) is 48.0 Å². The lowest BCUT2D eigenvalue weighted by Crippen LogP contribution is -2.16. The summed E-state index contributed by atoms with van der Waals surface area (Å²) in [6.45, 7) is 1.71. The fourth-order valence-electron chi connectivity index (χ4n) is 2.46. The number of rotatable bonds is 2. The Morgan fingerprint density at radius 3 is 2.38 bits per heavy atom. The van der Waals surface area contributed by atoms with Crippen molar-refractivity contribution in [3.63, 3.8) is 0 Å². The fourth-order valence-corrected chi connectivity index (χ4v) is 2.46. The molecule has 1 heteroatoms. The van der Waals surface area contributed by atoms with Gasteiger partial charge in [-0.3, -0.25) is 4.79 Å². The average molecular weight is 210 g/mol. The van der Waals surface area contributed by atoms with Crippen LogP contribution >= 0.6 is 0 Å². The molecule has 2 aromatic rings. The van der Waals surface area contributed by atoms with E-state index in [2.05, 4.69) is 30.3 Å². The zero-order chi connectivity index (χ0) is 11.2. The molecule has 1 nitrogen and oxygen atoms in total. The maximum Gasteiger partial charge on any atom is 0.140 e. The normalized spacial score (nSPS) is 17.3. The molecule has 1 aliphatic carbocycles. The van der Waals surface area contributed by atoms with Gasteiger partial charge in [-0.05, 0) is 36.1 Å². The summed E-state index contributed by atoms with van der Waals surface area (Å²) in [6.07, 6.45) is 2.03. The second-order valence-electron chi connectivity index (χ2n) is 4.70. The molecular weight excluding hydrogens is 196 g/mol. The Labute approximate surface area is 95.1 Å². The molecule has 2 aromatic carbocycles. The molecule has 0 heterocycles. The van der Waals surface area contributed by atoms with Crippen LogP contribution in [0.4, 0.5) is 0 Å². The molecule has 0 bridgehead atoms. The second-order valence-corrected chi connectivity index (χ2v) is 4.70. The molecule has 0 unspecified atom stereocenters. The van der Waals surface area contributed by atoms with E-state index in [0.717, 1.165) is 12.8 Å². The van der Waals surface area contributed by atoms with Crippen molar-refractivity contribution < 1.29 is 4.79 Å². The maximum atomic E-state index is 11.7. The van der Waals surface area contributed by atoms with Crippen molar-refractivity contribution in [1.29, 1.82) is 0 Å². The number of hydrogen-bond acceptors (Lipinski definition) is 1. The first-order valence-corrected chi connectivity index (χ1v) is 5.73. The molecule has 16 heavy (non-hydrogen) atoms. The largest absolute Gasteiger partial charge is 0.299 e. The Bertz CT molecular complexity index is 564. The summed E-state index contributed by atoms with van der Waals surface area (Å²) in [4.78, 5) is 11.7. The van der Waals surface area contributed by atoms with Crippen LogP contribution in [0.3, 0.4) is 0 Å². The monoisotopic (exact) mass is 210 g/mol. The Hall–Kier alpha value is -1.63. The number of benzene rings is 2. The van der Waals surface area contributed by atoms with Gasteiger partial charge in [0.1, 0.15) is 5.78 Å². The minimum absolute atomic E-state index is 0.149. The highest BCUT2D eigenvalue weighted by atomic mass is 16.1. The van der Waals surface area contributed by atoms with E-state index in [-0.39, 0.29) is 5.41 Å². The summed E-state index contributed by atoms with van der Waals surface area (Å²) < 4.78 is 0. The minimum atomic E-state index is -0.149. The van der Waals surface area contributed by atoms with Crippen molar-refractivity contribution in [2.45, 2.75) is 25.2 Å². The highest BCUT2D eigenvalue weighted by Gasteiger charge is 2.48. The predicted molar refractivity (Wildman–Crippen MR) is 65.5 cm³/mol. The van der Waals surface area contributed by atoms with Gasteiger partial charge in [-0.2, -0.15) is 0 Å². The van der Waals surface area contributed by atoms with E-state index in [1.54, 1.807) is 6.92 Å². The third-order valence-electron chi connectivity index (χ3n) is 3.73. The maximum absolute atomic E-state index is 11.7. The van der Waals surface area contributed by atoms with E-state index < -0.39 is 0 Å². The van der Waals surface area contributed by atoms with Crippen molar-refractivity contribution in [2.24, 2.45) is 0 Å². The molecule has 1 fully saturated rings. The standard InChI is InChI=1S/C15H14O/c1-11(16)15(8-9-15)14-7-6-12-4-2-3-5-13(12)10-14/h2-7,10H,8-9H2,1H3. The van der Waals surface area contributed by atoms with Crippen LogP contribution in [0, 0.1) is 0 Å². The van der Waals surface area contributed by atoms with Gasteiger partial charge >= 0.3 is 0 Å². The summed E-state index contributed by atoms with van der Waals surface area (Å²) in [5.74, 6) is 0.308. The summed E-state index contributed by atoms with van der Waals surface area (Å²) in [7, 11) is 0. The summed E-state index contributed by atoms with van der Waals surface area (Å²) in [6, 6.07) is 14.7. The lowest BCUT2D eigenvalue weighted by atomic mass is 9.90. The zero-order valence-electron chi connectivity index (χ0n) is 9.36. The van der Waals surface area contributed by atoms with Crippen LogP contribution in [0.1, 0.15) is 25.3 Å². The summed E-state index contributed by atoms with van der Waals surface area (Å²) >= 11 is 0. The second kappa shape index (κ2) is 3.18. The van der Waals surface area contributed by atoms with E-state index >= 15 is 0 Å². The molecule has 1 aliphatic rings. The molecule has 0 atom stereocenters. The first-order chi connectivity index (χ1) is 7.72. The molecule has 0 amide bonds. The third kappa shape index (κ3) is 1.28.